The van der Waals surface area contributed by atoms with Crippen LogP contribution in [0.5, 0.6) is 5.75 Å². The van der Waals surface area contributed by atoms with Crippen LogP contribution in [-0.4, -0.2) is 18.5 Å². The van der Waals surface area contributed by atoms with Crippen LogP contribution in [0.15, 0.2) is 54.6 Å². The lowest BCUT2D eigenvalue weighted by atomic mass is 10.1. The van der Waals surface area contributed by atoms with E-state index in [1.807, 2.05) is 31.2 Å². The zero-order valence-corrected chi connectivity index (χ0v) is 17.6. The largest absolute Gasteiger partial charge is 0.462 e. The maximum atomic E-state index is 12.5. The number of hydrogen-bond acceptors (Lipinski definition) is 6. The molecule has 1 aromatic heterocycles. The number of fused-ring (bicyclic) bond motifs is 1. The molecular formula is C24H23NO4S. The number of aryl methyl sites for hydroxylation is 1. The molecule has 0 spiro atoms. The fourth-order valence-electron chi connectivity index (χ4n) is 3.61. The summed E-state index contributed by atoms with van der Waals surface area (Å²) in [5.41, 5.74) is 3.11. The van der Waals surface area contributed by atoms with Crippen LogP contribution in [0, 0.1) is 0 Å². The van der Waals surface area contributed by atoms with Crippen molar-refractivity contribution >= 4 is 28.3 Å². The van der Waals surface area contributed by atoms with Gasteiger partial charge in [0.25, 0.3) is 0 Å². The third-order valence-corrected chi connectivity index (χ3v) is 6.27. The molecule has 1 aliphatic carbocycles. The van der Waals surface area contributed by atoms with Crippen molar-refractivity contribution in [2.45, 2.75) is 32.7 Å². The highest BCUT2D eigenvalue weighted by atomic mass is 32.1. The van der Waals surface area contributed by atoms with Crippen molar-refractivity contribution in [1.82, 2.24) is 0 Å². The number of hydrogen-bond donors (Lipinski definition) is 1. The lowest BCUT2D eigenvalue weighted by Gasteiger charge is -2.12. The number of carbonyl (C=O) groups excluding carboxylic acids is 2. The fraction of sp³-hybridized carbons (Fsp3) is 0.250. The highest BCUT2D eigenvalue weighted by Crippen LogP contribution is 2.40. The average Bonchev–Trinajstić information content (AvgIpc) is 3.34. The third-order valence-electron chi connectivity index (χ3n) is 5.03. The van der Waals surface area contributed by atoms with Crippen molar-refractivity contribution in [3.63, 3.8) is 0 Å². The molecule has 6 heteroatoms. The number of esters is 2. The van der Waals surface area contributed by atoms with Gasteiger partial charge < -0.3 is 14.8 Å². The van der Waals surface area contributed by atoms with Crippen LogP contribution < -0.4 is 10.1 Å². The van der Waals surface area contributed by atoms with Gasteiger partial charge in [0.05, 0.1) is 17.7 Å². The van der Waals surface area contributed by atoms with Gasteiger partial charge in [-0.05, 0) is 49.9 Å². The van der Waals surface area contributed by atoms with E-state index in [1.165, 1.54) is 4.88 Å². The number of para-hydroxylation sites is 1. The highest BCUT2D eigenvalue weighted by Gasteiger charge is 2.27. The first-order valence-corrected chi connectivity index (χ1v) is 10.9. The number of thiophene rings is 1. The summed E-state index contributed by atoms with van der Waals surface area (Å²) >= 11 is 1.62. The summed E-state index contributed by atoms with van der Waals surface area (Å²) in [7, 11) is 0. The summed E-state index contributed by atoms with van der Waals surface area (Å²) in [6.45, 7) is 2.60. The SMILES string of the molecule is CCOC(=O)c1c(NCc2ccccc2OC(=O)c2ccccc2)sc2c1CCC2. The van der Waals surface area contributed by atoms with Gasteiger partial charge in [-0.1, -0.05) is 36.4 Å². The van der Waals surface area contributed by atoms with E-state index in [1.54, 1.807) is 41.7 Å². The Morgan fingerprint density at radius 1 is 1.00 bits per heavy atom. The number of benzene rings is 2. The Hall–Kier alpha value is -3.12. The number of carbonyl (C=O) groups is 2. The van der Waals surface area contributed by atoms with E-state index in [4.69, 9.17) is 9.47 Å². The van der Waals surface area contributed by atoms with Gasteiger partial charge >= 0.3 is 11.9 Å². The predicted molar refractivity (Wildman–Crippen MR) is 117 cm³/mol. The van der Waals surface area contributed by atoms with Crippen molar-refractivity contribution in [2.24, 2.45) is 0 Å². The van der Waals surface area contributed by atoms with E-state index >= 15 is 0 Å². The molecule has 0 aliphatic heterocycles. The number of nitrogens with one attached hydrogen (secondary N) is 1. The fourth-order valence-corrected chi connectivity index (χ4v) is 4.88. The lowest BCUT2D eigenvalue weighted by molar-refractivity contribution is 0.0526. The zero-order chi connectivity index (χ0) is 20.9. The second-order valence-electron chi connectivity index (χ2n) is 7.00. The monoisotopic (exact) mass is 421 g/mol. The molecule has 1 heterocycles. The first-order chi connectivity index (χ1) is 14.7. The summed E-state index contributed by atoms with van der Waals surface area (Å²) in [6, 6.07) is 16.3. The summed E-state index contributed by atoms with van der Waals surface area (Å²) < 4.78 is 10.9. The van der Waals surface area contributed by atoms with Crippen LogP contribution in [0.2, 0.25) is 0 Å². The van der Waals surface area contributed by atoms with E-state index in [0.717, 1.165) is 35.4 Å². The van der Waals surface area contributed by atoms with Gasteiger partial charge in [0.1, 0.15) is 10.8 Å². The maximum Gasteiger partial charge on any atom is 0.343 e. The second kappa shape index (κ2) is 9.13. The van der Waals surface area contributed by atoms with Crippen molar-refractivity contribution < 1.29 is 19.1 Å². The average molecular weight is 422 g/mol. The minimum absolute atomic E-state index is 0.275. The van der Waals surface area contributed by atoms with Crippen LogP contribution >= 0.6 is 11.3 Å². The molecule has 0 bridgehead atoms. The minimum atomic E-state index is -0.398. The van der Waals surface area contributed by atoms with Gasteiger partial charge in [-0.3, -0.25) is 0 Å². The summed E-state index contributed by atoms with van der Waals surface area (Å²) in [6.07, 6.45) is 2.98. The molecule has 2 aromatic carbocycles. The van der Waals surface area contributed by atoms with Crippen LogP contribution in [0.3, 0.4) is 0 Å². The number of anilines is 1. The molecule has 0 radical (unpaired) electrons. The van der Waals surface area contributed by atoms with Gasteiger partial charge in [-0.25, -0.2) is 9.59 Å². The van der Waals surface area contributed by atoms with E-state index in [-0.39, 0.29) is 5.97 Å². The van der Waals surface area contributed by atoms with Crippen molar-refractivity contribution in [2.75, 3.05) is 11.9 Å². The van der Waals surface area contributed by atoms with Gasteiger partial charge in [0.15, 0.2) is 0 Å². The van der Waals surface area contributed by atoms with Crippen molar-refractivity contribution in [3.05, 3.63) is 81.7 Å². The zero-order valence-electron chi connectivity index (χ0n) is 16.8. The van der Waals surface area contributed by atoms with Crippen LogP contribution in [0.1, 0.15) is 50.1 Å². The van der Waals surface area contributed by atoms with E-state index in [2.05, 4.69) is 5.32 Å². The van der Waals surface area contributed by atoms with E-state index in [0.29, 0.717) is 30.0 Å². The van der Waals surface area contributed by atoms with Crippen LogP contribution in [0.4, 0.5) is 5.00 Å². The maximum absolute atomic E-state index is 12.5. The van der Waals surface area contributed by atoms with Crippen molar-refractivity contribution in [1.29, 1.82) is 0 Å². The summed E-state index contributed by atoms with van der Waals surface area (Å²) in [4.78, 5) is 26.2. The quantitative estimate of drug-likeness (QED) is 0.417. The topological polar surface area (TPSA) is 64.6 Å². The number of ether oxygens (including phenoxy) is 2. The molecule has 5 nitrogen and oxygen atoms in total. The second-order valence-corrected chi connectivity index (χ2v) is 8.10. The first kappa shape index (κ1) is 20.2. The van der Waals surface area contributed by atoms with Crippen LogP contribution in [-0.2, 0) is 24.1 Å². The molecule has 0 fully saturated rings. The Morgan fingerprint density at radius 2 is 1.77 bits per heavy atom. The molecule has 0 saturated carbocycles. The van der Waals surface area contributed by atoms with Gasteiger partial charge in [-0.2, -0.15) is 0 Å². The smallest absolute Gasteiger partial charge is 0.343 e. The minimum Gasteiger partial charge on any atom is -0.462 e. The Kier molecular flexibility index (Phi) is 6.14. The number of rotatable bonds is 7. The lowest BCUT2D eigenvalue weighted by Crippen LogP contribution is -2.12. The first-order valence-electron chi connectivity index (χ1n) is 10.1. The molecule has 0 saturated heterocycles. The van der Waals surface area contributed by atoms with Gasteiger partial charge in [-0.15, -0.1) is 11.3 Å². The highest BCUT2D eigenvalue weighted by molar-refractivity contribution is 7.16. The van der Waals surface area contributed by atoms with E-state index in [9.17, 15) is 9.59 Å². The molecule has 0 amide bonds. The summed E-state index contributed by atoms with van der Waals surface area (Å²) in [5, 5.41) is 4.20. The van der Waals surface area contributed by atoms with Crippen LogP contribution in [0.25, 0.3) is 0 Å². The molecule has 1 aliphatic rings. The normalized spacial score (nSPS) is 12.3. The predicted octanol–water partition coefficient (Wildman–Crippen LogP) is 5.24. The molecule has 0 atom stereocenters. The van der Waals surface area contributed by atoms with Gasteiger partial charge in [0.2, 0.25) is 0 Å². The van der Waals surface area contributed by atoms with Crippen molar-refractivity contribution in [3.8, 4) is 5.75 Å². The Morgan fingerprint density at radius 3 is 2.57 bits per heavy atom. The molecular weight excluding hydrogens is 398 g/mol. The molecule has 3 aromatic rings. The van der Waals surface area contributed by atoms with E-state index < -0.39 is 5.97 Å². The molecule has 4 rings (SSSR count). The Labute approximate surface area is 179 Å². The Balaban J connectivity index is 1.53. The Bertz CT molecular complexity index is 1060. The summed E-state index contributed by atoms with van der Waals surface area (Å²) in [5.74, 6) is -0.172. The third kappa shape index (κ3) is 4.24. The molecule has 0 unspecified atom stereocenters. The van der Waals surface area contributed by atoms with Gasteiger partial charge in [0, 0.05) is 17.0 Å². The molecule has 30 heavy (non-hydrogen) atoms. The molecule has 1 N–H and O–H groups in total. The molecule has 154 valence electrons. The standard InChI is InChI=1S/C24H23NO4S/c1-2-28-24(27)21-18-12-8-14-20(18)30-22(21)25-15-17-11-6-7-13-19(17)29-23(26)16-9-4-3-5-10-16/h3-7,9-11,13,25H,2,8,12,14-15H2,1H3.